The minimum Gasteiger partial charge on any atom is -0.356 e. The van der Waals surface area contributed by atoms with Crippen LogP contribution >= 0.6 is 0 Å². The Kier molecular flexibility index (Phi) is 6.14. The van der Waals surface area contributed by atoms with Gasteiger partial charge in [-0.1, -0.05) is 42.5 Å². The van der Waals surface area contributed by atoms with Crippen LogP contribution in [0.4, 0.5) is 4.39 Å². The van der Waals surface area contributed by atoms with E-state index in [1.165, 1.54) is 11.6 Å². The molecule has 0 unspecified atom stereocenters. The molecule has 2 aliphatic rings. The van der Waals surface area contributed by atoms with E-state index in [0.29, 0.717) is 6.04 Å². The summed E-state index contributed by atoms with van der Waals surface area (Å²) in [4.78, 5) is 6.94. The lowest BCUT2D eigenvalue weighted by Crippen LogP contribution is -2.49. The standard InChI is InChI=1S/C24H31FN4/c1-26-23(27-18-24(12-13-24)20-8-5-9-21(25)16-20)28-22-10-14-29(15-11-22)17-19-6-3-2-4-7-19/h2-9,16,22H,10-15,17-18H2,1H3,(H2,26,27,28). The highest BCUT2D eigenvalue weighted by molar-refractivity contribution is 5.80. The second-order valence-electron chi connectivity index (χ2n) is 8.40. The Balaban J connectivity index is 1.24. The molecule has 29 heavy (non-hydrogen) atoms. The zero-order valence-corrected chi connectivity index (χ0v) is 17.2. The number of hydrogen-bond acceptors (Lipinski definition) is 2. The third-order valence-electron chi connectivity index (χ3n) is 6.29. The molecule has 2 aromatic rings. The van der Waals surface area contributed by atoms with Gasteiger partial charge < -0.3 is 10.6 Å². The first-order valence-corrected chi connectivity index (χ1v) is 10.7. The molecule has 0 spiro atoms. The maximum atomic E-state index is 13.6. The minimum atomic E-state index is -0.154. The van der Waals surface area contributed by atoms with Gasteiger partial charge in [0.1, 0.15) is 5.82 Å². The topological polar surface area (TPSA) is 39.7 Å². The number of halogens is 1. The van der Waals surface area contributed by atoms with Crippen molar-refractivity contribution in [1.82, 2.24) is 15.5 Å². The fourth-order valence-corrected chi connectivity index (χ4v) is 4.25. The Hall–Kier alpha value is -2.40. The first kappa shape index (κ1) is 19.9. The molecule has 2 N–H and O–H groups in total. The van der Waals surface area contributed by atoms with Gasteiger partial charge in [0.05, 0.1) is 0 Å². The summed E-state index contributed by atoms with van der Waals surface area (Å²) in [6.45, 7) is 4.01. The van der Waals surface area contributed by atoms with Crippen LogP contribution in [0.1, 0.15) is 36.8 Å². The van der Waals surface area contributed by atoms with Crippen LogP contribution in [0.3, 0.4) is 0 Å². The molecule has 1 heterocycles. The van der Waals surface area contributed by atoms with Gasteiger partial charge in [-0.15, -0.1) is 0 Å². The molecular formula is C24H31FN4. The molecule has 0 amide bonds. The van der Waals surface area contributed by atoms with Crippen LogP contribution in [0.25, 0.3) is 0 Å². The van der Waals surface area contributed by atoms with Gasteiger partial charge in [-0.25, -0.2) is 4.39 Å². The van der Waals surface area contributed by atoms with E-state index in [-0.39, 0.29) is 11.2 Å². The van der Waals surface area contributed by atoms with Crippen LogP contribution in [0.15, 0.2) is 59.6 Å². The van der Waals surface area contributed by atoms with Crippen LogP contribution in [0.2, 0.25) is 0 Å². The van der Waals surface area contributed by atoms with Crippen molar-refractivity contribution >= 4 is 5.96 Å². The van der Waals surface area contributed by atoms with Gasteiger partial charge >= 0.3 is 0 Å². The van der Waals surface area contributed by atoms with E-state index in [1.807, 2.05) is 13.1 Å². The smallest absolute Gasteiger partial charge is 0.191 e. The Morgan fingerprint density at radius 2 is 1.86 bits per heavy atom. The van der Waals surface area contributed by atoms with Gasteiger partial charge in [0, 0.05) is 44.7 Å². The van der Waals surface area contributed by atoms with Crippen molar-refractivity contribution in [2.24, 2.45) is 4.99 Å². The van der Waals surface area contributed by atoms with Crippen LogP contribution in [-0.4, -0.2) is 43.6 Å². The molecule has 0 radical (unpaired) electrons. The van der Waals surface area contributed by atoms with E-state index in [9.17, 15) is 4.39 Å². The maximum Gasteiger partial charge on any atom is 0.191 e. The first-order valence-electron chi connectivity index (χ1n) is 10.7. The molecule has 5 heteroatoms. The molecule has 4 nitrogen and oxygen atoms in total. The summed E-state index contributed by atoms with van der Waals surface area (Å²) >= 11 is 0. The predicted octanol–water partition coefficient (Wildman–Crippen LogP) is 3.69. The van der Waals surface area contributed by atoms with Crippen molar-refractivity contribution in [1.29, 1.82) is 0 Å². The van der Waals surface area contributed by atoms with Gasteiger partial charge in [0.15, 0.2) is 5.96 Å². The van der Waals surface area contributed by atoms with Crippen LogP contribution < -0.4 is 10.6 Å². The Bertz CT molecular complexity index is 824. The second kappa shape index (κ2) is 8.95. The fourth-order valence-electron chi connectivity index (χ4n) is 4.25. The average Bonchev–Trinajstić information content (AvgIpc) is 3.54. The molecular weight excluding hydrogens is 363 g/mol. The highest BCUT2D eigenvalue weighted by atomic mass is 19.1. The van der Waals surface area contributed by atoms with Crippen molar-refractivity contribution < 1.29 is 4.39 Å². The van der Waals surface area contributed by atoms with E-state index < -0.39 is 0 Å². The third-order valence-corrected chi connectivity index (χ3v) is 6.29. The highest BCUT2D eigenvalue weighted by Gasteiger charge is 2.44. The highest BCUT2D eigenvalue weighted by Crippen LogP contribution is 2.47. The van der Waals surface area contributed by atoms with Gasteiger partial charge in [0.25, 0.3) is 0 Å². The zero-order chi connectivity index (χ0) is 20.1. The Morgan fingerprint density at radius 1 is 1.10 bits per heavy atom. The van der Waals surface area contributed by atoms with Crippen LogP contribution in [-0.2, 0) is 12.0 Å². The lowest BCUT2D eigenvalue weighted by atomic mass is 9.96. The fraction of sp³-hybridized carbons (Fsp3) is 0.458. The maximum absolute atomic E-state index is 13.6. The van der Waals surface area contributed by atoms with Crippen LogP contribution in [0.5, 0.6) is 0 Å². The van der Waals surface area contributed by atoms with Crippen molar-refractivity contribution in [3.8, 4) is 0 Å². The number of guanidine groups is 1. The summed E-state index contributed by atoms with van der Waals surface area (Å²) < 4.78 is 13.6. The average molecular weight is 395 g/mol. The zero-order valence-electron chi connectivity index (χ0n) is 17.2. The number of aliphatic imine (C=N–C) groups is 1. The number of likely N-dealkylation sites (tertiary alicyclic amines) is 1. The number of nitrogens with zero attached hydrogens (tertiary/aromatic N) is 2. The summed E-state index contributed by atoms with van der Waals surface area (Å²) in [7, 11) is 1.82. The van der Waals surface area contributed by atoms with Crippen molar-refractivity contribution in [2.45, 2.75) is 43.7 Å². The number of piperidine rings is 1. The van der Waals surface area contributed by atoms with Gasteiger partial charge in [-0.05, 0) is 48.9 Å². The van der Waals surface area contributed by atoms with Crippen molar-refractivity contribution in [3.05, 3.63) is 71.5 Å². The van der Waals surface area contributed by atoms with E-state index >= 15 is 0 Å². The van der Waals surface area contributed by atoms with Crippen LogP contribution in [0, 0.1) is 5.82 Å². The molecule has 0 atom stereocenters. The SMILES string of the molecule is CN=C(NCC1(c2cccc(F)c2)CC1)NC1CCN(Cc2ccccc2)CC1. The van der Waals surface area contributed by atoms with Gasteiger partial charge in [-0.3, -0.25) is 9.89 Å². The predicted molar refractivity (Wildman–Crippen MR) is 117 cm³/mol. The molecule has 2 aromatic carbocycles. The third kappa shape index (κ3) is 5.15. The van der Waals surface area contributed by atoms with E-state index in [1.54, 1.807) is 12.1 Å². The summed E-state index contributed by atoms with van der Waals surface area (Å²) in [5.41, 5.74) is 2.52. The summed E-state index contributed by atoms with van der Waals surface area (Å²) in [6, 6.07) is 18.1. The lowest BCUT2D eigenvalue weighted by molar-refractivity contribution is 0.198. The van der Waals surface area contributed by atoms with Crippen molar-refractivity contribution in [3.63, 3.8) is 0 Å². The van der Waals surface area contributed by atoms with E-state index in [4.69, 9.17) is 0 Å². The summed E-state index contributed by atoms with van der Waals surface area (Å²) in [5.74, 6) is 0.702. The molecule has 1 saturated carbocycles. The molecule has 154 valence electrons. The number of rotatable bonds is 6. The number of nitrogens with one attached hydrogen (secondary N) is 2. The molecule has 1 saturated heterocycles. The second-order valence-corrected chi connectivity index (χ2v) is 8.40. The molecule has 4 rings (SSSR count). The number of hydrogen-bond donors (Lipinski definition) is 2. The minimum absolute atomic E-state index is 0.0543. The largest absolute Gasteiger partial charge is 0.356 e. The van der Waals surface area contributed by atoms with E-state index in [2.05, 4.69) is 50.9 Å². The van der Waals surface area contributed by atoms with Gasteiger partial charge in [0.2, 0.25) is 0 Å². The Labute approximate surface area is 173 Å². The van der Waals surface area contributed by atoms with E-state index in [0.717, 1.165) is 63.4 Å². The summed E-state index contributed by atoms with van der Waals surface area (Å²) in [6.07, 6.45) is 4.42. The molecule has 0 aromatic heterocycles. The number of benzene rings is 2. The monoisotopic (exact) mass is 394 g/mol. The molecule has 0 bridgehead atoms. The normalized spacial score (nSPS) is 19.7. The van der Waals surface area contributed by atoms with Crippen molar-refractivity contribution in [2.75, 3.05) is 26.7 Å². The first-order chi connectivity index (χ1) is 14.2. The Morgan fingerprint density at radius 3 is 2.52 bits per heavy atom. The molecule has 1 aliphatic heterocycles. The van der Waals surface area contributed by atoms with Gasteiger partial charge in [-0.2, -0.15) is 0 Å². The molecule has 1 aliphatic carbocycles. The lowest BCUT2D eigenvalue weighted by Gasteiger charge is -2.33. The quantitative estimate of drug-likeness (QED) is 0.580. The summed E-state index contributed by atoms with van der Waals surface area (Å²) in [5, 5.41) is 7.08. The molecule has 2 fully saturated rings.